The molecule has 1 aliphatic rings. The molecule has 0 aliphatic carbocycles. The molecule has 0 bridgehead atoms. The molecule has 3 heteroatoms. The zero-order valence-electron chi connectivity index (χ0n) is 9.95. The minimum absolute atomic E-state index is 0.171. The van der Waals surface area contributed by atoms with Gasteiger partial charge in [0.2, 0.25) is 5.91 Å². The van der Waals surface area contributed by atoms with Crippen LogP contribution >= 0.6 is 0 Å². The van der Waals surface area contributed by atoms with Gasteiger partial charge in [0.05, 0.1) is 0 Å². The third-order valence-corrected chi connectivity index (χ3v) is 3.49. The van der Waals surface area contributed by atoms with Crippen molar-refractivity contribution in [3.05, 3.63) is 0 Å². The average molecular weight is 198 g/mol. The summed E-state index contributed by atoms with van der Waals surface area (Å²) in [4.78, 5) is 15.5. The zero-order chi connectivity index (χ0) is 10.9. The normalized spacial score (nSPS) is 34.2. The number of nitrogens with zero attached hydrogens (tertiary/aromatic N) is 2. The van der Waals surface area contributed by atoms with Crippen molar-refractivity contribution in [1.29, 1.82) is 0 Å². The van der Waals surface area contributed by atoms with Gasteiger partial charge in [-0.05, 0) is 26.3 Å². The first-order valence-electron chi connectivity index (χ1n) is 5.37. The summed E-state index contributed by atoms with van der Waals surface area (Å²) in [5.74, 6) is 0.854. The quantitative estimate of drug-likeness (QED) is 0.632. The Morgan fingerprint density at radius 3 is 2.50 bits per heavy atom. The predicted molar refractivity (Wildman–Crippen MR) is 58.1 cm³/mol. The molecule has 82 valence electrons. The van der Waals surface area contributed by atoms with E-state index < -0.39 is 0 Å². The van der Waals surface area contributed by atoms with Crippen molar-refractivity contribution in [3.8, 4) is 0 Å². The number of piperidine rings is 1. The first kappa shape index (κ1) is 11.5. The van der Waals surface area contributed by atoms with Crippen LogP contribution in [0.4, 0.5) is 0 Å². The highest BCUT2D eigenvalue weighted by Gasteiger charge is 2.32. The second-order valence-corrected chi connectivity index (χ2v) is 4.72. The average Bonchev–Trinajstić information content (AvgIpc) is 2.09. The van der Waals surface area contributed by atoms with Gasteiger partial charge in [0.25, 0.3) is 0 Å². The molecule has 1 heterocycles. The molecule has 0 aromatic carbocycles. The van der Waals surface area contributed by atoms with Crippen LogP contribution in [0.5, 0.6) is 0 Å². The first-order valence-corrected chi connectivity index (χ1v) is 5.37. The maximum atomic E-state index is 11.3. The van der Waals surface area contributed by atoms with Crippen molar-refractivity contribution in [1.82, 2.24) is 9.80 Å². The van der Waals surface area contributed by atoms with Crippen molar-refractivity contribution in [2.24, 2.45) is 5.92 Å². The smallest absolute Gasteiger partial charge is 0.219 e. The van der Waals surface area contributed by atoms with Gasteiger partial charge < -0.3 is 9.80 Å². The van der Waals surface area contributed by atoms with Gasteiger partial charge in [-0.1, -0.05) is 6.92 Å². The third-order valence-electron chi connectivity index (χ3n) is 3.49. The lowest BCUT2D eigenvalue weighted by molar-refractivity contribution is -0.132. The lowest BCUT2D eigenvalue weighted by Crippen LogP contribution is -2.54. The van der Waals surface area contributed by atoms with E-state index in [-0.39, 0.29) is 5.91 Å². The van der Waals surface area contributed by atoms with E-state index in [1.54, 1.807) is 6.92 Å². The SMILES string of the molecule is CC(=O)N(C)C1CC(C)CN(C)C1C. The van der Waals surface area contributed by atoms with Crippen LogP contribution in [-0.4, -0.2) is 48.4 Å². The van der Waals surface area contributed by atoms with E-state index in [2.05, 4.69) is 25.8 Å². The van der Waals surface area contributed by atoms with Gasteiger partial charge >= 0.3 is 0 Å². The van der Waals surface area contributed by atoms with Gasteiger partial charge in [0.15, 0.2) is 0 Å². The molecular weight excluding hydrogens is 176 g/mol. The van der Waals surface area contributed by atoms with E-state index in [1.165, 1.54) is 0 Å². The number of likely N-dealkylation sites (tertiary alicyclic amines) is 1. The topological polar surface area (TPSA) is 23.6 Å². The summed E-state index contributed by atoms with van der Waals surface area (Å²) >= 11 is 0. The van der Waals surface area contributed by atoms with E-state index in [0.717, 1.165) is 13.0 Å². The number of rotatable bonds is 1. The van der Waals surface area contributed by atoms with Gasteiger partial charge in [0.1, 0.15) is 0 Å². The minimum atomic E-state index is 0.171. The summed E-state index contributed by atoms with van der Waals surface area (Å²) in [5, 5.41) is 0. The van der Waals surface area contributed by atoms with Crippen molar-refractivity contribution < 1.29 is 4.79 Å². The van der Waals surface area contributed by atoms with Gasteiger partial charge in [0, 0.05) is 32.6 Å². The second kappa shape index (κ2) is 4.30. The lowest BCUT2D eigenvalue weighted by atomic mass is 9.90. The largest absolute Gasteiger partial charge is 0.341 e. The first-order chi connectivity index (χ1) is 6.43. The highest BCUT2D eigenvalue weighted by atomic mass is 16.2. The summed E-state index contributed by atoms with van der Waals surface area (Å²) in [5.41, 5.74) is 0. The molecule has 0 aromatic heterocycles. The Bertz CT molecular complexity index is 217. The van der Waals surface area contributed by atoms with Crippen LogP contribution in [0, 0.1) is 5.92 Å². The number of amides is 1. The fraction of sp³-hybridized carbons (Fsp3) is 0.909. The highest BCUT2D eigenvalue weighted by molar-refractivity contribution is 5.73. The van der Waals surface area contributed by atoms with Crippen LogP contribution in [0.15, 0.2) is 0 Å². The molecule has 0 spiro atoms. The molecule has 1 aliphatic heterocycles. The third kappa shape index (κ3) is 2.27. The van der Waals surface area contributed by atoms with Gasteiger partial charge in [-0.15, -0.1) is 0 Å². The molecule has 0 saturated carbocycles. The predicted octanol–water partition coefficient (Wildman–Crippen LogP) is 1.19. The lowest BCUT2D eigenvalue weighted by Gasteiger charge is -2.44. The number of hydrogen-bond acceptors (Lipinski definition) is 2. The second-order valence-electron chi connectivity index (χ2n) is 4.72. The fourth-order valence-electron chi connectivity index (χ4n) is 2.35. The highest BCUT2D eigenvalue weighted by Crippen LogP contribution is 2.24. The van der Waals surface area contributed by atoms with Crippen molar-refractivity contribution >= 4 is 5.91 Å². The summed E-state index contributed by atoms with van der Waals surface area (Å²) in [6, 6.07) is 0.848. The van der Waals surface area contributed by atoms with Gasteiger partial charge in [-0.2, -0.15) is 0 Å². The molecule has 0 aromatic rings. The minimum Gasteiger partial charge on any atom is -0.341 e. The maximum Gasteiger partial charge on any atom is 0.219 e. The van der Waals surface area contributed by atoms with Crippen molar-refractivity contribution in [2.75, 3.05) is 20.6 Å². The van der Waals surface area contributed by atoms with Crippen LogP contribution in [0.2, 0.25) is 0 Å². The van der Waals surface area contributed by atoms with E-state index in [0.29, 0.717) is 18.0 Å². The molecule has 3 atom stereocenters. The van der Waals surface area contributed by atoms with Crippen LogP contribution in [-0.2, 0) is 4.79 Å². The van der Waals surface area contributed by atoms with Gasteiger partial charge in [-0.3, -0.25) is 4.79 Å². The number of hydrogen-bond donors (Lipinski definition) is 0. The van der Waals surface area contributed by atoms with Crippen LogP contribution < -0.4 is 0 Å². The molecular formula is C11H22N2O. The Labute approximate surface area is 87.1 Å². The van der Waals surface area contributed by atoms with E-state index in [9.17, 15) is 4.79 Å². The van der Waals surface area contributed by atoms with E-state index in [4.69, 9.17) is 0 Å². The molecule has 1 saturated heterocycles. The van der Waals surface area contributed by atoms with E-state index in [1.807, 2.05) is 11.9 Å². The molecule has 1 fully saturated rings. The number of carbonyl (C=O) groups excluding carboxylic acids is 1. The summed E-state index contributed by atoms with van der Waals surface area (Å²) in [7, 11) is 4.05. The van der Waals surface area contributed by atoms with E-state index >= 15 is 0 Å². The number of carbonyl (C=O) groups is 1. The molecule has 1 amide bonds. The van der Waals surface area contributed by atoms with Crippen molar-refractivity contribution in [3.63, 3.8) is 0 Å². The van der Waals surface area contributed by atoms with Gasteiger partial charge in [-0.25, -0.2) is 0 Å². The standard InChI is InChI=1S/C11H22N2O/c1-8-6-11(13(5)10(3)14)9(2)12(4)7-8/h8-9,11H,6-7H2,1-5H3. The summed E-state index contributed by atoms with van der Waals surface area (Å²) < 4.78 is 0. The Morgan fingerprint density at radius 1 is 1.43 bits per heavy atom. The van der Waals surface area contributed by atoms with Crippen LogP contribution in [0.25, 0.3) is 0 Å². The molecule has 0 N–H and O–H groups in total. The molecule has 1 rings (SSSR count). The van der Waals surface area contributed by atoms with Crippen molar-refractivity contribution in [2.45, 2.75) is 39.3 Å². The Balaban J connectivity index is 2.70. The Kier molecular flexibility index (Phi) is 3.53. The molecule has 14 heavy (non-hydrogen) atoms. The Morgan fingerprint density at radius 2 is 2.00 bits per heavy atom. The molecule has 3 nitrogen and oxygen atoms in total. The maximum absolute atomic E-state index is 11.3. The molecule has 0 radical (unpaired) electrons. The number of likely N-dealkylation sites (N-methyl/N-ethyl adjacent to an activating group) is 2. The van der Waals surface area contributed by atoms with Crippen LogP contribution in [0.3, 0.4) is 0 Å². The van der Waals surface area contributed by atoms with Crippen LogP contribution in [0.1, 0.15) is 27.2 Å². The summed E-state index contributed by atoms with van der Waals surface area (Å²) in [6.45, 7) is 7.24. The molecule has 3 unspecified atom stereocenters. The monoisotopic (exact) mass is 198 g/mol. The summed E-state index contributed by atoms with van der Waals surface area (Å²) in [6.07, 6.45) is 1.13. The fourth-order valence-corrected chi connectivity index (χ4v) is 2.35. The zero-order valence-corrected chi connectivity index (χ0v) is 9.95. The Hall–Kier alpha value is -0.570.